The summed E-state index contributed by atoms with van der Waals surface area (Å²) in [5.41, 5.74) is 2.94. The van der Waals surface area contributed by atoms with Gasteiger partial charge in [-0.3, -0.25) is 9.59 Å². The van der Waals surface area contributed by atoms with Crippen molar-refractivity contribution in [2.45, 2.75) is 64.6 Å². The van der Waals surface area contributed by atoms with Gasteiger partial charge in [-0.1, -0.05) is 104 Å². The van der Waals surface area contributed by atoms with Crippen molar-refractivity contribution in [2.24, 2.45) is 0 Å². The molecule has 0 aliphatic rings. The van der Waals surface area contributed by atoms with Gasteiger partial charge in [-0.25, -0.2) is 0 Å². The van der Waals surface area contributed by atoms with Crippen LogP contribution in [0.4, 0.5) is 0 Å². The van der Waals surface area contributed by atoms with Crippen molar-refractivity contribution < 1.29 is 9.59 Å². The summed E-state index contributed by atoms with van der Waals surface area (Å²) in [5, 5.41) is 3.93. The maximum atomic E-state index is 14.0. The fraction of sp³-hybridized carbons (Fsp3) is 0.333. The zero-order chi connectivity index (χ0) is 26.1. The molecule has 0 heterocycles. The summed E-state index contributed by atoms with van der Waals surface area (Å²) in [6.07, 6.45) is 1.55. The molecular weight excluding hydrogens is 491 g/mol. The molecule has 2 amide bonds. The first-order chi connectivity index (χ1) is 17.3. The largest absolute Gasteiger partial charge is 0.352 e. The number of nitrogens with one attached hydrogen (secondary N) is 1. The van der Waals surface area contributed by atoms with Gasteiger partial charge in [0.1, 0.15) is 6.04 Å². The van der Waals surface area contributed by atoms with E-state index in [0.717, 1.165) is 23.1 Å². The Hall–Kier alpha value is -2.82. The molecule has 0 saturated heterocycles. The third-order valence-electron chi connectivity index (χ3n) is 6.51. The first-order valence-electron chi connectivity index (χ1n) is 12.5. The van der Waals surface area contributed by atoms with E-state index in [0.29, 0.717) is 16.5 Å². The van der Waals surface area contributed by atoms with E-state index in [1.165, 1.54) is 0 Å². The van der Waals surface area contributed by atoms with Gasteiger partial charge in [-0.05, 0) is 48.6 Å². The lowest BCUT2D eigenvalue weighted by atomic mass is 9.88. The van der Waals surface area contributed by atoms with Crippen molar-refractivity contribution in [2.75, 3.05) is 0 Å². The number of benzene rings is 3. The molecule has 0 fully saturated rings. The van der Waals surface area contributed by atoms with E-state index in [2.05, 4.69) is 5.32 Å². The molecule has 3 aromatic carbocycles. The second kappa shape index (κ2) is 13.5. The Labute approximate surface area is 224 Å². The van der Waals surface area contributed by atoms with Crippen LogP contribution in [0.1, 0.15) is 62.6 Å². The molecule has 2 unspecified atom stereocenters. The summed E-state index contributed by atoms with van der Waals surface area (Å²) in [6.45, 7) is 6.19. The summed E-state index contributed by atoms with van der Waals surface area (Å²) in [6, 6.07) is 24.8. The van der Waals surface area contributed by atoms with Crippen molar-refractivity contribution in [3.63, 3.8) is 0 Å². The number of hydrogen-bond donors (Lipinski definition) is 1. The predicted octanol–water partition coefficient (Wildman–Crippen LogP) is 7.24. The number of rotatable bonds is 11. The van der Waals surface area contributed by atoms with Gasteiger partial charge >= 0.3 is 0 Å². The minimum absolute atomic E-state index is 0.0230. The molecule has 0 spiro atoms. The monoisotopic (exact) mass is 524 g/mol. The van der Waals surface area contributed by atoms with Gasteiger partial charge in [0, 0.05) is 24.9 Å². The first kappa shape index (κ1) is 27.8. The predicted molar refractivity (Wildman–Crippen MR) is 148 cm³/mol. The van der Waals surface area contributed by atoms with Gasteiger partial charge in [0.2, 0.25) is 11.8 Å². The zero-order valence-corrected chi connectivity index (χ0v) is 22.6. The van der Waals surface area contributed by atoms with Crippen LogP contribution in [0.15, 0.2) is 78.9 Å². The molecule has 0 bridgehead atoms. The van der Waals surface area contributed by atoms with Crippen molar-refractivity contribution >= 4 is 35.0 Å². The normalized spacial score (nSPS) is 12.7. The SMILES string of the molecule is CCC(C)NC(=O)C(CC)N(Cc1ccc(Cl)c(Cl)c1)C(=O)CC(c1ccccc1)c1ccccc1. The Morgan fingerprint density at radius 1 is 0.833 bits per heavy atom. The van der Waals surface area contributed by atoms with Crippen LogP contribution in [0.3, 0.4) is 0 Å². The van der Waals surface area contributed by atoms with Gasteiger partial charge in [0.05, 0.1) is 10.0 Å². The van der Waals surface area contributed by atoms with E-state index in [1.54, 1.807) is 17.0 Å². The van der Waals surface area contributed by atoms with Crippen LogP contribution in [0, 0.1) is 0 Å². The van der Waals surface area contributed by atoms with Crippen LogP contribution >= 0.6 is 23.2 Å². The Balaban J connectivity index is 1.96. The number of carbonyl (C=O) groups is 2. The summed E-state index contributed by atoms with van der Waals surface area (Å²) < 4.78 is 0. The molecule has 3 aromatic rings. The highest BCUT2D eigenvalue weighted by molar-refractivity contribution is 6.42. The van der Waals surface area contributed by atoms with Gasteiger partial charge in [0.25, 0.3) is 0 Å². The molecule has 2 atom stereocenters. The van der Waals surface area contributed by atoms with E-state index in [9.17, 15) is 9.59 Å². The quantitative estimate of drug-likeness (QED) is 0.287. The maximum Gasteiger partial charge on any atom is 0.243 e. The number of hydrogen-bond acceptors (Lipinski definition) is 2. The van der Waals surface area contributed by atoms with E-state index in [1.807, 2.05) is 87.5 Å². The number of nitrogens with zero attached hydrogens (tertiary/aromatic N) is 1. The van der Waals surface area contributed by atoms with Crippen molar-refractivity contribution in [1.82, 2.24) is 10.2 Å². The Morgan fingerprint density at radius 3 is 1.92 bits per heavy atom. The molecule has 0 radical (unpaired) electrons. The van der Waals surface area contributed by atoms with Crippen LogP contribution in [0.5, 0.6) is 0 Å². The number of carbonyl (C=O) groups excluding carboxylic acids is 2. The molecule has 0 aromatic heterocycles. The topological polar surface area (TPSA) is 49.4 Å². The van der Waals surface area contributed by atoms with Gasteiger partial charge in [0.15, 0.2) is 0 Å². The maximum absolute atomic E-state index is 14.0. The van der Waals surface area contributed by atoms with Gasteiger partial charge in [-0.15, -0.1) is 0 Å². The van der Waals surface area contributed by atoms with E-state index in [4.69, 9.17) is 23.2 Å². The molecule has 1 N–H and O–H groups in total. The average Bonchev–Trinajstić information content (AvgIpc) is 2.90. The van der Waals surface area contributed by atoms with Crippen LogP contribution in [0.25, 0.3) is 0 Å². The van der Waals surface area contributed by atoms with E-state index < -0.39 is 6.04 Å². The second-order valence-corrected chi connectivity index (χ2v) is 9.90. The van der Waals surface area contributed by atoms with Gasteiger partial charge < -0.3 is 10.2 Å². The van der Waals surface area contributed by atoms with Crippen LogP contribution in [0.2, 0.25) is 10.0 Å². The molecule has 0 saturated carbocycles. The summed E-state index contributed by atoms with van der Waals surface area (Å²) in [5.74, 6) is -0.368. The minimum Gasteiger partial charge on any atom is -0.352 e. The Kier molecular flexibility index (Phi) is 10.4. The molecule has 6 heteroatoms. The van der Waals surface area contributed by atoms with E-state index in [-0.39, 0.29) is 36.7 Å². The Morgan fingerprint density at radius 2 is 1.42 bits per heavy atom. The lowest BCUT2D eigenvalue weighted by molar-refractivity contribution is -0.141. The fourth-order valence-electron chi connectivity index (χ4n) is 4.29. The molecule has 190 valence electrons. The summed E-state index contributed by atoms with van der Waals surface area (Å²) in [7, 11) is 0. The fourth-order valence-corrected chi connectivity index (χ4v) is 4.61. The third kappa shape index (κ3) is 7.35. The zero-order valence-electron chi connectivity index (χ0n) is 21.1. The van der Waals surface area contributed by atoms with E-state index >= 15 is 0 Å². The molecule has 36 heavy (non-hydrogen) atoms. The Bertz CT molecular complexity index is 1100. The first-order valence-corrected chi connectivity index (χ1v) is 13.2. The highest BCUT2D eigenvalue weighted by Gasteiger charge is 2.31. The molecule has 0 aliphatic carbocycles. The third-order valence-corrected chi connectivity index (χ3v) is 7.25. The van der Waals surface area contributed by atoms with Crippen LogP contribution in [-0.2, 0) is 16.1 Å². The highest BCUT2D eigenvalue weighted by atomic mass is 35.5. The van der Waals surface area contributed by atoms with Crippen molar-refractivity contribution in [3.05, 3.63) is 106 Å². The number of amides is 2. The summed E-state index contributed by atoms with van der Waals surface area (Å²) in [4.78, 5) is 29.0. The minimum atomic E-state index is -0.604. The number of halogens is 2. The molecule has 0 aliphatic heterocycles. The average molecular weight is 526 g/mol. The van der Waals surface area contributed by atoms with Gasteiger partial charge in [-0.2, -0.15) is 0 Å². The van der Waals surface area contributed by atoms with Crippen LogP contribution < -0.4 is 5.32 Å². The summed E-state index contributed by atoms with van der Waals surface area (Å²) >= 11 is 12.4. The lowest BCUT2D eigenvalue weighted by Gasteiger charge is -2.33. The molecule has 4 nitrogen and oxygen atoms in total. The lowest BCUT2D eigenvalue weighted by Crippen LogP contribution is -2.51. The second-order valence-electron chi connectivity index (χ2n) is 9.09. The molecular formula is C30H34Cl2N2O2. The highest BCUT2D eigenvalue weighted by Crippen LogP contribution is 2.30. The van der Waals surface area contributed by atoms with Crippen molar-refractivity contribution in [1.29, 1.82) is 0 Å². The van der Waals surface area contributed by atoms with Crippen LogP contribution in [-0.4, -0.2) is 28.8 Å². The van der Waals surface area contributed by atoms with Crippen molar-refractivity contribution in [3.8, 4) is 0 Å². The smallest absolute Gasteiger partial charge is 0.243 e. The standard InChI is InChI=1S/C30H34Cl2N2O2/c1-4-21(3)33-30(36)28(5-2)34(20-22-16-17-26(31)27(32)18-22)29(35)19-25(23-12-8-6-9-13-23)24-14-10-7-11-15-24/h6-18,21,25,28H,4-5,19-20H2,1-3H3,(H,33,36). The molecule has 3 rings (SSSR count).